The summed E-state index contributed by atoms with van der Waals surface area (Å²) in [4.78, 5) is 23.2. The van der Waals surface area contributed by atoms with Crippen molar-refractivity contribution in [1.82, 2.24) is 19.6 Å². The molecule has 5 rings (SSSR count). The van der Waals surface area contributed by atoms with Gasteiger partial charge in [-0.15, -0.1) is 0 Å². The second-order valence-electron chi connectivity index (χ2n) is 7.44. The molecule has 1 saturated heterocycles. The van der Waals surface area contributed by atoms with Crippen molar-refractivity contribution in [2.24, 2.45) is 0 Å². The standard InChI is InChI=1S/C22H17ClF2N6O/c23-13-5-7-26-17(10-13)22(32)28-18-12-27-31-9-6-20(29-21(18)31)30-8-1-2-19(30)15-11-14(24)3-4-16(15)25/h3-7,9-12,19H,1-2,8H2,(H,28,32)/t19-/m1/s1. The number of hydrogen-bond donors (Lipinski definition) is 1. The molecule has 0 spiro atoms. The summed E-state index contributed by atoms with van der Waals surface area (Å²) >= 11 is 5.94. The monoisotopic (exact) mass is 454 g/mol. The summed E-state index contributed by atoms with van der Waals surface area (Å²) in [6, 6.07) is 7.96. The number of carbonyl (C=O) groups excluding carboxylic acids is 1. The Balaban J connectivity index is 1.47. The van der Waals surface area contributed by atoms with E-state index in [2.05, 4.69) is 20.4 Å². The number of nitrogens with zero attached hydrogens (tertiary/aromatic N) is 5. The lowest BCUT2D eigenvalue weighted by Crippen LogP contribution is -2.24. The first kappa shape index (κ1) is 20.3. The summed E-state index contributed by atoms with van der Waals surface area (Å²) in [5.74, 6) is -0.793. The van der Waals surface area contributed by atoms with Gasteiger partial charge >= 0.3 is 0 Å². The molecule has 0 saturated carbocycles. The van der Waals surface area contributed by atoms with Crippen LogP contribution in [-0.4, -0.2) is 32.0 Å². The van der Waals surface area contributed by atoms with E-state index in [1.54, 1.807) is 18.3 Å². The number of aromatic nitrogens is 4. The van der Waals surface area contributed by atoms with Crippen LogP contribution >= 0.6 is 11.6 Å². The first-order valence-corrected chi connectivity index (χ1v) is 10.4. The number of fused-ring (bicyclic) bond motifs is 1. The maximum absolute atomic E-state index is 14.4. The van der Waals surface area contributed by atoms with Gasteiger partial charge in [0.05, 0.1) is 12.2 Å². The van der Waals surface area contributed by atoms with Crippen LogP contribution in [0.25, 0.3) is 5.65 Å². The summed E-state index contributed by atoms with van der Waals surface area (Å²) in [6.07, 6.45) is 6.14. The van der Waals surface area contributed by atoms with Crippen molar-refractivity contribution >= 4 is 34.7 Å². The molecule has 10 heteroatoms. The van der Waals surface area contributed by atoms with Gasteiger partial charge in [0.1, 0.15) is 28.8 Å². The van der Waals surface area contributed by atoms with Gasteiger partial charge in [-0.2, -0.15) is 5.10 Å². The highest BCUT2D eigenvalue weighted by Gasteiger charge is 2.30. The van der Waals surface area contributed by atoms with Gasteiger partial charge in [-0.3, -0.25) is 9.78 Å². The van der Waals surface area contributed by atoms with E-state index >= 15 is 0 Å². The minimum Gasteiger partial charge on any atom is -0.349 e. The topological polar surface area (TPSA) is 75.4 Å². The number of nitrogens with one attached hydrogen (secondary N) is 1. The summed E-state index contributed by atoms with van der Waals surface area (Å²) < 4.78 is 29.7. The van der Waals surface area contributed by atoms with Gasteiger partial charge in [-0.1, -0.05) is 11.6 Å². The Labute approximate surface area is 186 Å². The molecule has 0 unspecified atom stereocenters. The Kier molecular flexibility index (Phi) is 5.18. The van der Waals surface area contributed by atoms with E-state index < -0.39 is 17.5 Å². The van der Waals surface area contributed by atoms with Crippen molar-refractivity contribution in [3.05, 3.63) is 82.9 Å². The molecular weight excluding hydrogens is 438 g/mol. The molecule has 0 bridgehead atoms. The number of pyridine rings is 1. The van der Waals surface area contributed by atoms with Crippen LogP contribution in [0, 0.1) is 11.6 Å². The van der Waals surface area contributed by atoms with Crippen LogP contribution in [0.1, 0.15) is 34.9 Å². The maximum atomic E-state index is 14.4. The van der Waals surface area contributed by atoms with Crippen LogP contribution in [0.3, 0.4) is 0 Å². The minimum atomic E-state index is -0.480. The summed E-state index contributed by atoms with van der Waals surface area (Å²) in [5, 5.41) is 7.37. The fraction of sp³-hybridized carbons (Fsp3) is 0.182. The predicted octanol–water partition coefficient (Wildman–Crippen LogP) is 4.65. The molecule has 32 heavy (non-hydrogen) atoms. The summed E-state index contributed by atoms with van der Waals surface area (Å²) in [5.41, 5.74) is 1.28. The second kappa shape index (κ2) is 8.16. The Morgan fingerprint density at radius 1 is 1.19 bits per heavy atom. The third-order valence-corrected chi connectivity index (χ3v) is 5.66. The molecule has 4 heterocycles. The van der Waals surface area contributed by atoms with Crippen molar-refractivity contribution in [1.29, 1.82) is 0 Å². The predicted molar refractivity (Wildman–Crippen MR) is 116 cm³/mol. The van der Waals surface area contributed by atoms with Crippen molar-refractivity contribution in [2.75, 3.05) is 16.8 Å². The summed E-state index contributed by atoms with van der Waals surface area (Å²) in [6.45, 7) is 0.645. The van der Waals surface area contributed by atoms with Gasteiger partial charge in [-0.25, -0.2) is 18.3 Å². The van der Waals surface area contributed by atoms with E-state index in [0.29, 0.717) is 40.7 Å². The molecule has 7 nitrogen and oxygen atoms in total. The van der Waals surface area contributed by atoms with E-state index in [1.807, 2.05) is 4.90 Å². The summed E-state index contributed by atoms with van der Waals surface area (Å²) in [7, 11) is 0. The number of carbonyl (C=O) groups is 1. The Hall–Kier alpha value is -3.59. The van der Waals surface area contributed by atoms with Crippen molar-refractivity contribution in [2.45, 2.75) is 18.9 Å². The molecule has 1 aliphatic rings. The fourth-order valence-electron chi connectivity index (χ4n) is 3.96. The molecule has 1 atom stereocenters. The number of hydrogen-bond acceptors (Lipinski definition) is 5. The number of benzene rings is 1. The first-order chi connectivity index (χ1) is 15.5. The highest BCUT2D eigenvalue weighted by atomic mass is 35.5. The Bertz CT molecular complexity index is 1330. The first-order valence-electron chi connectivity index (χ1n) is 9.98. The quantitative estimate of drug-likeness (QED) is 0.486. The molecule has 1 fully saturated rings. The number of anilines is 2. The Morgan fingerprint density at radius 2 is 2.06 bits per heavy atom. The lowest BCUT2D eigenvalue weighted by atomic mass is 10.0. The number of halogens is 3. The highest BCUT2D eigenvalue weighted by molar-refractivity contribution is 6.31. The largest absolute Gasteiger partial charge is 0.349 e. The van der Waals surface area contributed by atoms with Gasteiger partial charge in [0.15, 0.2) is 5.65 Å². The second-order valence-corrected chi connectivity index (χ2v) is 7.88. The lowest BCUT2D eigenvalue weighted by Gasteiger charge is -2.26. The van der Waals surface area contributed by atoms with Crippen LogP contribution in [-0.2, 0) is 0 Å². The Morgan fingerprint density at radius 3 is 2.91 bits per heavy atom. The third-order valence-electron chi connectivity index (χ3n) is 5.42. The van der Waals surface area contributed by atoms with E-state index in [1.165, 1.54) is 29.0 Å². The number of amides is 1. The molecule has 1 N–H and O–H groups in total. The third kappa shape index (κ3) is 3.75. The van der Waals surface area contributed by atoms with Crippen molar-refractivity contribution in [3.63, 3.8) is 0 Å². The molecule has 0 radical (unpaired) electrons. The molecular formula is C22H17ClF2N6O. The van der Waals surface area contributed by atoms with Gasteiger partial charge in [-0.05, 0) is 49.2 Å². The average molecular weight is 455 g/mol. The number of rotatable bonds is 4. The van der Waals surface area contributed by atoms with Gasteiger partial charge in [0, 0.05) is 29.5 Å². The molecule has 162 valence electrons. The minimum absolute atomic E-state index is 0.161. The zero-order valence-corrected chi connectivity index (χ0v) is 17.4. The molecule has 1 aromatic carbocycles. The zero-order chi connectivity index (χ0) is 22.2. The molecule has 1 amide bonds. The lowest BCUT2D eigenvalue weighted by molar-refractivity contribution is 0.102. The van der Waals surface area contributed by atoms with Crippen LogP contribution in [0.15, 0.2) is 55.0 Å². The maximum Gasteiger partial charge on any atom is 0.274 e. The van der Waals surface area contributed by atoms with E-state index in [4.69, 9.17) is 11.6 Å². The zero-order valence-electron chi connectivity index (χ0n) is 16.7. The molecule has 3 aromatic heterocycles. The SMILES string of the molecule is O=C(Nc1cnn2ccc(N3CCC[C@@H]3c3cc(F)ccc3F)nc12)c1cc(Cl)ccn1. The van der Waals surface area contributed by atoms with Crippen molar-refractivity contribution in [3.8, 4) is 0 Å². The van der Waals surface area contributed by atoms with Gasteiger partial charge in [0.25, 0.3) is 5.91 Å². The van der Waals surface area contributed by atoms with E-state index in [0.717, 1.165) is 18.6 Å². The normalized spacial score (nSPS) is 16.0. The van der Waals surface area contributed by atoms with E-state index in [-0.39, 0.29) is 11.7 Å². The fourth-order valence-corrected chi connectivity index (χ4v) is 4.12. The van der Waals surface area contributed by atoms with E-state index in [9.17, 15) is 13.6 Å². The molecule has 1 aliphatic heterocycles. The molecule has 4 aromatic rings. The van der Waals surface area contributed by atoms with Crippen LogP contribution < -0.4 is 10.2 Å². The van der Waals surface area contributed by atoms with Crippen LogP contribution in [0.2, 0.25) is 5.02 Å². The van der Waals surface area contributed by atoms with Gasteiger partial charge < -0.3 is 10.2 Å². The molecule has 0 aliphatic carbocycles. The van der Waals surface area contributed by atoms with Crippen molar-refractivity contribution < 1.29 is 13.6 Å². The van der Waals surface area contributed by atoms with Crippen LogP contribution in [0.4, 0.5) is 20.3 Å². The van der Waals surface area contributed by atoms with Gasteiger partial charge in [0.2, 0.25) is 0 Å². The highest BCUT2D eigenvalue weighted by Crippen LogP contribution is 2.37. The smallest absolute Gasteiger partial charge is 0.274 e. The van der Waals surface area contributed by atoms with Crippen LogP contribution in [0.5, 0.6) is 0 Å². The average Bonchev–Trinajstić information content (AvgIpc) is 3.42.